The minimum atomic E-state index is -0.103. The van der Waals surface area contributed by atoms with Gasteiger partial charge in [0.25, 0.3) is 0 Å². The van der Waals surface area contributed by atoms with Gasteiger partial charge in [-0.1, -0.05) is 29.3 Å². The Kier molecular flexibility index (Phi) is 3.98. The van der Waals surface area contributed by atoms with Crippen LogP contribution in [0.2, 0.25) is 0 Å². The third-order valence-electron chi connectivity index (χ3n) is 1.60. The summed E-state index contributed by atoms with van der Waals surface area (Å²) < 4.78 is 0. The monoisotopic (exact) mass is 232 g/mol. The quantitative estimate of drug-likeness (QED) is 0.432. The fourth-order valence-corrected chi connectivity index (χ4v) is 1.56. The summed E-state index contributed by atoms with van der Waals surface area (Å²) in [5, 5.41) is 8.34. The predicted octanol–water partition coefficient (Wildman–Crippen LogP) is 1.66. The highest BCUT2D eigenvalue weighted by atomic mass is 35.5. The van der Waals surface area contributed by atoms with Crippen molar-refractivity contribution in [3.63, 3.8) is 0 Å². The third kappa shape index (κ3) is 3.05. The number of hydrogen-bond acceptors (Lipinski definition) is 2. The highest BCUT2D eigenvalue weighted by molar-refractivity contribution is 6.38. The van der Waals surface area contributed by atoms with Gasteiger partial charge in [-0.15, -0.1) is 5.10 Å². The van der Waals surface area contributed by atoms with E-state index >= 15 is 0 Å². The number of hydrogen-bond donors (Lipinski definition) is 2. The zero-order valence-electron chi connectivity index (χ0n) is 7.37. The van der Waals surface area contributed by atoms with Gasteiger partial charge in [-0.25, -0.2) is 0 Å². The van der Waals surface area contributed by atoms with Crippen molar-refractivity contribution in [3.05, 3.63) is 21.7 Å². The lowest BCUT2D eigenvalue weighted by atomic mass is 10.1. The van der Waals surface area contributed by atoms with Gasteiger partial charge in [0.2, 0.25) is 5.96 Å². The van der Waals surface area contributed by atoms with E-state index in [-0.39, 0.29) is 5.96 Å². The van der Waals surface area contributed by atoms with Crippen LogP contribution in [-0.4, -0.2) is 12.2 Å². The third-order valence-corrected chi connectivity index (χ3v) is 2.35. The van der Waals surface area contributed by atoms with Crippen molar-refractivity contribution in [2.45, 2.75) is 12.8 Å². The van der Waals surface area contributed by atoms with Gasteiger partial charge in [0.05, 0.1) is 6.21 Å². The average Bonchev–Trinajstić information content (AvgIpc) is 2.09. The van der Waals surface area contributed by atoms with Gasteiger partial charge >= 0.3 is 0 Å². The molecular weight excluding hydrogens is 223 g/mol. The van der Waals surface area contributed by atoms with E-state index < -0.39 is 0 Å². The Labute approximate surface area is 92.0 Å². The van der Waals surface area contributed by atoms with Crippen LogP contribution in [0, 0.1) is 0 Å². The standard InChI is InChI=1S/C8H10Cl2N4/c9-6-2-1-3-7(10)5(6)4-13-14-8(11)12/h2,4H,1,3H2,(H4,11,12,14)/b13-4+. The minimum Gasteiger partial charge on any atom is -0.369 e. The van der Waals surface area contributed by atoms with Gasteiger partial charge in [0, 0.05) is 15.6 Å². The van der Waals surface area contributed by atoms with Gasteiger partial charge in [0.1, 0.15) is 0 Å². The lowest BCUT2D eigenvalue weighted by molar-refractivity contribution is 1.00. The summed E-state index contributed by atoms with van der Waals surface area (Å²) in [6.07, 6.45) is 4.93. The van der Waals surface area contributed by atoms with Crippen LogP contribution in [0.5, 0.6) is 0 Å². The first-order valence-electron chi connectivity index (χ1n) is 3.98. The molecule has 76 valence electrons. The van der Waals surface area contributed by atoms with Crippen molar-refractivity contribution in [3.8, 4) is 0 Å². The predicted molar refractivity (Wildman–Crippen MR) is 60.4 cm³/mol. The second-order valence-corrected chi connectivity index (χ2v) is 3.54. The molecule has 1 rings (SSSR count). The van der Waals surface area contributed by atoms with Crippen LogP contribution in [0.3, 0.4) is 0 Å². The van der Waals surface area contributed by atoms with Crippen molar-refractivity contribution in [2.75, 3.05) is 0 Å². The van der Waals surface area contributed by atoms with E-state index in [2.05, 4.69) is 10.2 Å². The average molecular weight is 233 g/mol. The first kappa shape index (κ1) is 11.1. The largest absolute Gasteiger partial charge is 0.369 e. The highest BCUT2D eigenvalue weighted by Crippen LogP contribution is 2.28. The van der Waals surface area contributed by atoms with Crippen molar-refractivity contribution >= 4 is 35.4 Å². The van der Waals surface area contributed by atoms with Crippen LogP contribution in [0.4, 0.5) is 0 Å². The van der Waals surface area contributed by atoms with Crippen LogP contribution in [-0.2, 0) is 0 Å². The SMILES string of the molecule is NC(N)=N/N=C/C1=C(Cl)CCC=C1Cl. The molecule has 14 heavy (non-hydrogen) atoms. The molecule has 4 N–H and O–H groups in total. The molecule has 0 radical (unpaired) electrons. The Morgan fingerprint density at radius 2 is 2.14 bits per heavy atom. The maximum absolute atomic E-state index is 5.94. The molecule has 0 aliphatic heterocycles. The summed E-state index contributed by atoms with van der Waals surface area (Å²) in [5.74, 6) is -0.103. The Bertz CT molecular complexity index is 337. The fraction of sp³-hybridized carbons (Fsp3) is 0.250. The zero-order chi connectivity index (χ0) is 10.6. The number of rotatable bonds is 2. The molecular formula is C8H10Cl2N4. The second kappa shape index (κ2) is 5.02. The van der Waals surface area contributed by atoms with E-state index in [1.54, 1.807) is 0 Å². The van der Waals surface area contributed by atoms with Crippen molar-refractivity contribution < 1.29 is 0 Å². The molecule has 6 heteroatoms. The second-order valence-electron chi connectivity index (χ2n) is 2.68. The lowest BCUT2D eigenvalue weighted by Gasteiger charge is -2.09. The fourth-order valence-electron chi connectivity index (χ4n) is 0.985. The molecule has 4 nitrogen and oxygen atoms in total. The van der Waals surface area contributed by atoms with Gasteiger partial charge in [0.15, 0.2) is 0 Å². The van der Waals surface area contributed by atoms with E-state index in [9.17, 15) is 0 Å². The van der Waals surface area contributed by atoms with Crippen molar-refractivity contribution in [2.24, 2.45) is 21.7 Å². The number of halogens is 2. The molecule has 0 bridgehead atoms. The number of nitrogens with zero attached hydrogens (tertiary/aromatic N) is 2. The Balaban J connectivity index is 2.81. The Morgan fingerprint density at radius 3 is 2.71 bits per heavy atom. The van der Waals surface area contributed by atoms with E-state index in [0.29, 0.717) is 15.6 Å². The van der Waals surface area contributed by atoms with Crippen molar-refractivity contribution in [1.29, 1.82) is 0 Å². The number of allylic oxidation sites excluding steroid dienone is 4. The summed E-state index contributed by atoms with van der Waals surface area (Å²) >= 11 is 11.9. The van der Waals surface area contributed by atoms with E-state index in [4.69, 9.17) is 34.7 Å². The smallest absolute Gasteiger partial charge is 0.211 e. The van der Waals surface area contributed by atoms with Crippen LogP contribution < -0.4 is 11.5 Å². The Morgan fingerprint density at radius 1 is 1.43 bits per heavy atom. The van der Waals surface area contributed by atoms with Crippen LogP contribution >= 0.6 is 23.2 Å². The molecule has 0 aromatic carbocycles. The molecule has 0 amide bonds. The summed E-state index contributed by atoms with van der Waals surface area (Å²) in [6, 6.07) is 0. The van der Waals surface area contributed by atoms with E-state index in [1.165, 1.54) is 6.21 Å². The van der Waals surface area contributed by atoms with E-state index in [1.807, 2.05) is 6.08 Å². The molecule has 0 heterocycles. The molecule has 1 aliphatic rings. The minimum absolute atomic E-state index is 0.103. The van der Waals surface area contributed by atoms with Gasteiger partial charge in [-0.2, -0.15) is 5.10 Å². The maximum atomic E-state index is 5.94. The summed E-state index contributed by atoms with van der Waals surface area (Å²) in [7, 11) is 0. The van der Waals surface area contributed by atoms with Crippen molar-refractivity contribution in [1.82, 2.24) is 0 Å². The summed E-state index contributed by atoms with van der Waals surface area (Å²) in [4.78, 5) is 0. The summed E-state index contributed by atoms with van der Waals surface area (Å²) in [6.45, 7) is 0. The van der Waals surface area contributed by atoms with Crippen LogP contribution in [0.25, 0.3) is 0 Å². The van der Waals surface area contributed by atoms with Gasteiger partial charge in [-0.05, 0) is 12.8 Å². The Hall–Kier alpha value is -1.000. The first-order valence-corrected chi connectivity index (χ1v) is 4.73. The van der Waals surface area contributed by atoms with E-state index in [0.717, 1.165) is 12.8 Å². The zero-order valence-corrected chi connectivity index (χ0v) is 8.89. The van der Waals surface area contributed by atoms with Gasteiger partial charge < -0.3 is 11.5 Å². The molecule has 0 aromatic rings. The molecule has 0 saturated heterocycles. The molecule has 0 saturated carbocycles. The van der Waals surface area contributed by atoms with Gasteiger partial charge in [-0.3, -0.25) is 0 Å². The molecule has 0 unspecified atom stereocenters. The lowest BCUT2D eigenvalue weighted by Crippen LogP contribution is -2.21. The normalized spacial score (nSPS) is 17.1. The number of guanidine groups is 1. The summed E-state index contributed by atoms with van der Waals surface area (Å²) in [5.41, 5.74) is 10.9. The maximum Gasteiger partial charge on any atom is 0.211 e. The highest BCUT2D eigenvalue weighted by Gasteiger charge is 2.10. The topological polar surface area (TPSA) is 76.8 Å². The van der Waals surface area contributed by atoms with Crippen LogP contribution in [0.1, 0.15) is 12.8 Å². The number of nitrogens with two attached hydrogens (primary N) is 2. The molecule has 0 atom stereocenters. The molecule has 0 aromatic heterocycles. The first-order chi connectivity index (χ1) is 6.61. The molecule has 0 spiro atoms. The molecule has 0 fully saturated rings. The molecule has 1 aliphatic carbocycles. The van der Waals surface area contributed by atoms with Crippen LogP contribution in [0.15, 0.2) is 31.9 Å².